The fourth-order valence-electron chi connectivity index (χ4n) is 4.99. The number of anilines is 1. The highest BCUT2D eigenvalue weighted by molar-refractivity contribution is 6.33. The first kappa shape index (κ1) is 23.5. The number of carbonyl (C=O) groups excluding carboxylic acids is 4. The van der Waals surface area contributed by atoms with Gasteiger partial charge < -0.3 is 15.5 Å². The highest BCUT2D eigenvalue weighted by Gasteiger charge is 2.55. The van der Waals surface area contributed by atoms with Gasteiger partial charge in [0.1, 0.15) is 12.1 Å². The number of halogens is 1. The first-order chi connectivity index (χ1) is 15.8. The van der Waals surface area contributed by atoms with Gasteiger partial charge in [0, 0.05) is 26.2 Å². The number of piperazine rings is 1. The molecule has 3 aliphatic rings. The predicted molar refractivity (Wildman–Crippen MR) is 124 cm³/mol. The molecule has 33 heavy (non-hydrogen) atoms. The summed E-state index contributed by atoms with van der Waals surface area (Å²) in [6.07, 6.45) is 3.45. The maximum absolute atomic E-state index is 13.1. The summed E-state index contributed by atoms with van der Waals surface area (Å²) in [6, 6.07) is 6.57. The van der Waals surface area contributed by atoms with Crippen molar-refractivity contribution in [3.8, 4) is 0 Å². The molecule has 2 aliphatic heterocycles. The van der Waals surface area contributed by atoms with Crippen molar-refractivity contribution in [2.24, 2.45) is 5.92 Å². The van der Waals surface area contributed by atoms with Crippen LogP contribution < -0.4 is 10.6 Å². The van der Waals surface area contributed by atoms with Gasteiger partial charge in [0.2, 0.25) is 11.8 Å². The van der Waals surface area contributed by atoms with Gasteiger partial charge in [-0.15, -0.1) is 0 Å². The van der Waals surface area contributed by atoms with Crippen molar-refractivity contribution in [1.29, 1.82) is 0 Å². The number of nitrogens with zero attached hydrogens (tertiary/aromatic N) is 3. The number of benzene rings is 1. The molecule has 1 aliphatic carbocycles. The third-order valence-electron chi connectivity index (χ3n) is 7.03. The van der Waals surface area contributed by atoms with Crippen LogP contribution in [0.5, 0.6) is 0 Å². The number of hydrogen-bond acceptors (Lipinski definition) is 5. The average molecular weight is 476 g/mol. The predicted octanol–water partition coefficient (Wildman–Crippen LogP) is 1.92. The van der Waals surface area contributed by atoms with Crippen LogP contribution in [-0.4, -0.2) is 83.3 Å². The smallest absolute Gasteiger partial charge is 0.325 e. The Balaban J connectivity index is 1.26. The first-order valence-electron chi connectivity index (χ1n) is 11.5. The van der Waals surface area contributed by atoms with Crippen LogP contribution in [0.4, 0.5) is 10.5 Å². The van der Waals surface area contributed by atoms with Gasteiger partial charge in [-0.1, -0.05) is 43.5 Å². The number of para-hydroxylation sites is 1. The van der Waals surface area contributed by atoms with Gasteiger partial charge in [0.25, 0.3) is 5.91 Å². The zero-order valence-corrected chi connectivity index (χ0v) is 19.6. The van der Waals surface area contributed by atoms with Crippen molar-refractivity contribution in [3.63, 3.8) is 0 Å². The number of urea groups is 1. The molecule has 2 saturated heterocycles. The number of rotatable bonds is 5. The van der Waals surface area contributed by atoms with E-state index in [0.29, 0.717) is 43.3 Å². The van der Waals surface area contributed by atoms with E-state index in [1.807, 2.05) is 11.8 Å². The Morgan fingerprint density at radius 2 is 1.85 bits per heavy atom. The topological polar surface area (TPSA) is 102 Å². The summed E-state index contributed by atoms with van der Waals surface area (Å²) in [5.41, 5.74) is -0.292. The number of hydrogen-bond donors (Lipinski definition) is 2. The van der Waals surface area contributed by atoms with E-state index in [4.69, 9.17) is 11.6 Å². The minimum atomic E-state index is -0.858. The molecule has 2 heterocycles. The van der Waals surface area contributed by atoms with Crippen LogP contribution in [0.25, 0.3) is 0 Å². The first-order valence-corrected chi connectivity index (χ1v) is 11.9. The van der Waals surface area contributed by atoms with Crippen molar-refractivity contribution in [2.45, 2.75) is 38.1 Å². The van der Waals surface area contributed by atoms with Gasteiger partial charge in [0.15, 0.2) is 0 Å². The summed E-state index contributed by atoms with van der Waals surface area (Å²) < 4.78 is 0. The van der Waals surface area contributed by atoms with Gasteiger partial charge in [-0.3, -0.25) is 24.2 Å². The maximum atomic E-state index is 13.1. The second-order valence-electron chi connectivity index (χ2n) is 9.12. The molecule has 2 N–H and O–H groups in total. The van der Waals surface area contributed by atoms with Crippen LogP contribution in [0.3, 0.4) is 0 Å². The standard InChI is InChI=1S/C23H30ClN5O4/c1-16-6-4-5-9-23(16)21(32)29(22(33)26-23)15-20(31)28-12-10-27(11-13-28)14-19(30)25-18-8-3-2-7-17(18)24/h2-3,7-8,16H,4-6,9-15H2,1H3,(H,25,30)(H,26,33)/t16-,23+/m0/s1. The number of carbonyl (C=O) groups is 4. The molecule has 0 aromatic heterocycles. The second-order valence-corrected chi connectivity index (χ2v) is 9.53. The highest BCUT2D eigenvalue weighted by Crippen LogP contribution is 2.38. The van der Waals surface area contributed by atoms with Crippen LogP contribution in [-0.2, 0) is 14.4 Å². The largest absolute Gasteiger partial charge is 0.339 e. The van der Waals surface area contributed by atoms with Gasteiger partial charge in [0.05, 0.1) is 17.3 Å². The lowest BCUT2D eigenvalue weighted by Crippen LogP contribution is -2.55. The Morgan fingerprint density at radius 1 is 1.12 bits per heavy atom. The lowest BCUT2D eigenvalue weighted by Gasteiger charge is -2.37. The Labute approximate surface area is 198 Å². The zero-order chi connectivity index (χ0) is 23.6. The van der Waals surface area contributed by atoms with Crippen LogP contribution in [0.1, 0.15) is 32.6 Å². The van der Waals surface area contributed by atoms with Crippen molar-refractivity contribution >= 4 is 41.0 Å². The highest BCUT2D eigenvalue weighted by atomic mass is 35.5. The summed E-state index contributed by atoms with van der Waals surface area (Å²) in [7, 11) is 0. The Hall–Kier alpha value is -2.65. The molecule has 10 heteroatoms. The number of amides is 5. The van der Waals surface area contributed by atoms with Gasteiger partial charge in [-0.05, 0) is 30.9 Å². The summed E-state index contributed by atoms with van der Waals surface area (Å²) in [4.78, 5) is 55.5. The lowest BCUT2D eigenvalue weighted by molar-refractivity contribution is -0.141. The molecular weight excluding hydrogens is 446 g/mol. The zero-order valence-electron chi connectivity index (χ0n) is 18.8. The van der Waals surface area contributed by atoms with Crippen LogP contribution in [0, 0.1) is 5.92 Å². The average Bonchev–Trinajstić information content (AvgIpc) is 3.02. The van der Waals surface area contributed by atoms with Crippen LogP contribution >= 0.6 is 11.6 Å². The SMILES string of the molecule is C[C@H]1CCCC[C@@]12NC(=O)N(CC(=O)N1CCN(CC(=O)Nc3ccccc3Cl)CC1)C2=O. The minimum absolute atomic E-state index is 0.0586. The van der Waals surface area contributed by atoms with E-state index in [1.54, 1.807) is 29.2 Å². The molecule has 178 valence electrons. The molecule has 9 nitrogen and oxygen atoms in total. The summed E-state index contributed by atoms with van der Waals surface area (Å²) >= 11 is 6.08. The minimum Gasteiger partial charge on any atom is -0.339 e. The summed E-state index contributed by atoms with van der Waals surface area (Å²) in [5, 5.41) is 6.16. The molecule has 1 aromatic carbocycles. The van der Waals surface area contributed by atoms with Crippen LogP contribution in [0.15, 0.2) is 24.3 Å². The third kappa shape index (κ3) is 4.84. The third-order valence-corrected chi connectivity index (χ3v) is 7.36. The normalized spacial score (nSPS) is 25.9. The lowest BCUT2D eigenvalue weighted by atomic mass is 9.73. The molecule has 1 saturated carbocycles. The van der Waals surface area contributed by atoms with E-state index in [1.165, 1.54) is 0 Å². The maximum Gasteiger partial charge on any atom is 0.325 e. The van der Waals surface area contributed by atoms with Crippen LogP contribution in [0.2, 0.25) is 5.02 Å². The molecule has 1 aromatic rings. The summed E-state index contributed by atoms with van der Waals surface area (Å²) in [5.74, 6) is -0.639. The van der Waals surface area contributed by atoms with E-state index in [0.717, 1.165) is 24.2 Å². The Bertz CT molecular complexity index is 949. The molecule has 0 bridgehead atoms. The van der Waals surface area contributed by atoms with Crippen molar-refractivity contribution < 1.29 is 19.2 Å². The van der Waals surface area contributed by atoms with E-state index in [-0.39, 0.29) is 36.7 Å². The Kier molecular flexibility index (Phi) is 6.90. The van der Waals surface area contributed by atoms with Gasteiger partial charge in [-0.2, -0.15) is 0 Å². The van der Waals surface area contributed by atoms with Crippen molar-refractivity contribution in [3.05, 3.63) is 29.3 Å². The summed E-state index contributed by atoms with van der Waals surface area (Å²) in [6.45, 7) is 3.87. The second kappa shape index (κ2) is 9.69. The number of imide groups is 1. The van der Waals surface area contributed by atoms with Gasteiger partial charge in [-0.25, -0.2) is 4.79 Å². The molecule has 1 spiro atoms. The van der Waals surface area contributed by atoms with Crippen molar-refractivity contribution in [1.82, 2.24) is 20.0 Å². The van der Waals surface area contributed by atoms with E-state index in [2.05, 4.69) is 10.6 Å². The van der Waals surface area contributed by atoms with E-state index >= 15 is 0 Å². The van der Waals surface area contributed by atoms with E-state index in [9.17, 15) is 19.2 Å². The molecular formula is C23H30ClN5O4. The Morgan fingerprint density at radius 3 is 2.55 bits per heavy atom. The van der Waals surface area contributed by atoms with E-state index < -0.39 is 11.6 Å². The fourth-order valence-corrected chi connectivity index (χ4v) is 5.17. The molecule has 0 radical (unpaired) electrons. The van der Waals surface area contributed by atoms with Gasteiger partial charge >= 0.3 is 6.03 Å². The molecule has 2 atom stereocenters. The monoisotopic (exact) mass is 475 g/mol. The quantitative estimate of drug-likeness (QED) is 0.633. The molecule has 3 fully saturated rings. The molecule has 5 amide bonds. The fraction of sp³-hybridized carbons (Fsp3) is 0.565. The number of nitrogens with one attached hydrogen (secondary N) is 2. The van der Waals surface area contributed by atoms with Crippen molar-refractivity contribution in [2.75, 3.05) is 44.6 Å². The molecule has 0 unspecified atom stereocenters. The molecule has 4 rings (SSSR count).